The smallest absolute Gasteiger partial charge is 0.0783 e. The minimum Gasteiger partial charge on any atom is -0.306 e. The van der Waals surface area contributed by atoms with E-state index in [0.29, 0.717) is 0 Å². The van der Waals surface area contributed by atoms with Crippen LogP contribution in [0.3, 0.4) is 0 Å². The van der Waals surface area contributed by atoms with Gasteiger partial charge in [-0.25, -0.2) is 0 Å². The largest absolute Gasteiger partial charge is 0.306 e. The van der Waals surface area contributed by atoms with E-state index in [1.807, 2.05) is 0 Å². The average molecular weight is 587 g/mol. The van der Waals surface area contributed by atoms with Crippen molar-refractivity contribution in [3.8, 4) is 11.4 Å². The Kier molecular flexibility index (Phi) is 4.55. The molecule has 4 heterocycles. The van der Waals surface area contributed by atoms with E-state index in [1.54, 1.807) is 0 Å². The average Bonchev–Trinajstić information content (AvgIpc) is 3.64. The molecule has 0 unspecified atom stereocenters. The minimum absolute atomic E-state index is 1.14. The molecular formula is C42H26N4. The summed E-state index contributed by atoms with van der Waals surface area (Å²) in [5, 5.41) is 5.06. The molecule has 46 heavy (non-hydrogen) atoms. The van der Waals surface area contributed by atoms with Crippen LogP contribution >= 0.6 is 0 Å². The molecule has 0 aliphatic heterocycles. The molecule has 0 amide bonds. The van der Waals surface area contributed by atoms with Crippen molar-refractivity contribution < 1.29 is 0 Å². The first-order chi connectivity index (χ1) is 22.9. The van der Waals surface area contributed by atoms with Gasteiger partial charge in [-0.2, -0.15) is 0 Å². The van der Waals surface area contributed by atoms with Crippen LogP contribution in [0.4, 0.5) is 0 Å². The van der Waals surface area contributed by atoms with Gasteiger partial charge >= 0.3 is 0 Å². The molecule has 4 heteroatoms. The van der Waals surface area contributed by atoms with Crippen LogP contribution in [-0.2, 0) is 0 Å². The van der Waals surface area contributed by atoms with Crippen LogP contribution in [0, 0.1) is 0 Å². The molecule has 7 aromatic carbocycles. The first-order valence-electron chi connectivity index (χ1n) is 15.8. The van der Waals surface area contributed by atoms with Gasteiger partial charge in [0.15, 0.2) is 0 Å². The lowest BCUT2D eigenvalue weighted by Gasteiger charge is -2.22. The summed E-state index contributed by atoms with van der Waals surface area (Å²) in [6.07, 6.45) is 0. The monoisotopic (exact) mass is 586 g/mol. The van der Waals surface area contributed by atoms with Crippen LogP contribution in [0.2, 0.25) is 0 Å². The molecule has 0 saturated carbocycles. The number of aromatic nitrogens is 4. The van der Waals surface area contributed by atoms with Gasteiger partial charge in [-0.1, -0.05) is 97.1 Å². The van der Waals surface area contributed by atoms with E-state index in [-0.39, 0.29) is 0 Å². The maximum atomic E-state index is 2.49. The zero-order chi connectivity index (χ0) is 29.9. The van der Waals surface area contributed by atoms with Crippen LogP contribution in [-0.4, -0.2) is 17.9 Å². The van der Waals surface area contributed by atoms with Crippen molar-refractivity contribution >= 4 is 76.7 Å². The summed E-state index contributed by atoms with van der Waals surface area (Å²) >= 11 is 0. The lowest BCUT2D eigenvalue weighted by Crippen LogP contribution is -2.08. The van der Waals surface area contributed by atoms with Gasteiger partial charge in [0.05, 0.1) is 55.2 Å². The van der Waals surface area contributed by atoms with Crippen molar-refractivity contribution in [2.75, 3.05) is 0 Å². The SMILES string of the molecule is c1ccc(-n2c3cc4c(cc3n3c5ccccc5c5cccc2c53)n(-c2ccccc2)c2cccc3c5ccccc5n4c32)cc1. The fraction of sp³-hybridized carbons (Fsp3) is 0. The fourth-order valence-corrected chi connectivity index (χ4v) is 8.10. The normalized spacial score (nSPS) is 12.3. The number of fused-ring (bicyclic) bond motifs is 10. The van der Waals surface area contributed by atoms with Crippen molar-refractivity contribution in [3.05, 3.63) is 158 Å². The van der Waals surface area contributed by atoms with Gasteiger partial charge in [-0.3, -0.25) is 0 Å². The maximum absolute atomic E-state index is 2.49. The van der Waals surface area contributed by atoms with Crippen LogP contribution in [0.15, 0.2) is 158 Å². The van der Waals surface area contributed by atoms with Gasteiger partial charge in [0.25, 0.3) is 0 Å². The molecule has 11 rings (SSSR count). The first-order valence-corrected chi connectivity index (χ1v) is 15.8. The summed E-state index contributed by atoms with van der Waals surface area (Å²) in [5.74, 6) is 0. The van der Waals surface area contributed by atoms with Crippen LogP contribution < -0.4 is 0 Å². The molecule has 4 nitrogen and oxygen atoms in total. The number of nitrogens with zero attached hydrogens (tertiary/aromatic N) is 4. The highest BCUT2D eigenvalue weighted by Gasteiger charge is 2.22. The van der Waals surface area contributed by atoms with Crippen molar-refractivity contribution in [2.45, 2.75) is 0 Å². The molecular weight excluding hydrogens is 560 g/mol. The van der Waals surface area contributed by atoms with E-state index < -0.39 is 0 Å². The molecule has 11 aromatic rings. The summed E-state index contributed by atoms with van der Waals surface area (Å²) in [4.78, 5) is 0. The number of hydrogen-bond acceptors (Lipinski definition) is 0. The third-order valence-corrected chi connectivity index (χ3v) is 9.89. The van der Waals surface area contributed by atoms with Crippen molar-refractivity contribution in [1.82, 2.24) is 17.9 Å². The number of rotatable bonds is 2. The molecule has 0 aliphatic carbocycles. The quantitative estimate of drug-likeness (QED) is 0.180. The molecule has 4 aromatic heterocycles. The predicted molar refractivity (Wildman–Crippen MR) is 192 cm³/mol. The Balaban J connectivity index is 1.49. The summed E-state index contributed by atoms with van der Waals surface area (Å²) in [7, 11) is 0. The zero-order valence-electron chi connectivity index (χ0n) is 24.8. The van der Waals surface area contributed by atoms with Crippen molar-refractivity contribution in [1.29, 1.82) is 0 Å². The van der Waals surface area contributed by atoms with Gasteiger partial charge in [0.2, 0.25) is 0 Å². The van der Waals surface area contributed by atoms with Crippen molar-refractivity contribution in [3.63, 3.8) is 0 Å². The fourth-order valence-electron chi connectivity index (χ4n) is 8.10. The molecule has 0 saturated heterocycles. The van der Waals surface area contributed by atoms with Gasteiger partial charge in [0.1, 0.15) is 0 Å². The molecule has 0 N–H and O–H groups in total. The third kappa shape index (κ3) is 2.94. The summed E-state index contributed by atoms with van der Waals surface area (Å²) in [6.45, 7) is 0. The maximum Gasteiger partial charge on any atom is 0.0783 e. The molecule has 0 bridgehead atoms. The molecule has 0 aliphatic rings. The van der Waals surface area contributed by atoms with Crippen molar-refractivity contribution in [2.24, 2.45) is 0 Å². The molecule has 0 spiro atoms. The number of para-hydroxylation sites is 6. The highest BCUT2D eigenvalue weighted by molar-refractivity contribution is 6.19. The summed E-state index contributed by atoms with van der Waals surface area (Å²) < 4.78 is 9.88. The Morgan fingerprint density at radius 2 is 0.630 bits per heavy atom. The third-order valence-electron chi connectivity index (χ3n) is 9.89. The lowest BCUT2D eigenvalue weighted by atomic mass is 10.1. The Morgan fingerprint density at radius 3 is 1.09 bits per heavy atom. The second-order valence-electron chi connectivity index (χ2n) is 12.2. The van der Waals surface area contributed by atoms with E-state index in [9.17, 15) is 0 Å². The van der Waals surface area contributed by atoms with E-state index >= 15 is 0 Å². The number of benzene rings is 7. The highest BCUT2D eigenvalue weighted by Crippen LogP contribution is 2.41. The number of hydrogen-bond donors (Lipinski definition) is 0. The lowest BCUT2D eigenvalue weighted by molar-refractivity contribution is 1.12. The van der Waals surface area contributed by atoms with E-state index in [4.69, 9.17) is 0 Å². The van der Waals surface area contributed by atoms with Gasteiger partial charge in [-0.05, 0) is 60.7 Å². The van der Waals surface area contributed by atoms with Gasteiger partial charge in [0, 0.05) is 32.9 Å². The van der Waals surface area contributed by atoms with Crippen LogP contribution in [0.5, 0.6) is 0 Å². The Morgan fingerprint density at radius 1 is 0.261 bits per heavy atom. The topological polar surface area (TPSA) is 18.7 Å². The van der Waals surface area contributed by atoms with E-state index in [1.165, 1.54) is 65.7 Å². The van der Waals surface area contributed by atoms with Crippen LogP contribution in [0.25, 0.3) is 88.1 Å². The molecule has 0 fully saturated rings. The standard InChI is InChI=1S/C42H26N4/c1-3-13-27(14-4-1)43-35-23-11-19-31-29-17-7-9-21-33(29)45(41(31)35)39-26-38-40(25-37(39)43)46-34-22-10-8-18-30(34)32-20-12-24-36(42(32)46)44(38)28-15-5-2-6-16-28/h1-26H. The first kappa shape index (κ1) is 24.1. The Hall–Kier alpha value is -6.26. The summed E-state index contributed by atoms with van der Waals surface area (Å²) in [6, 6.07) is 57.5. The van der Waals surface area contributed by atoms with Gasteiger partial charge in [-0.15, -0.1) is 0 Å². The predicted octanol–water partition coefficient (Wildman–Crippen LogP) is 10.7. The molecule has 0 atom stereocenters. The highest BCUT2D eigenvalue weighted by atomic mass is 15.1. The Labute approximate surface area is 263 Å². The second kappa shape index (κ2) is 8.68. The molecule has 214 valence electrons. The molecule has 0 radical (unpaired) electrons. The Bertz CT molecular complexity index is 2800. The van der Waals surface area contributed by atoms with E-state index in [2.05, 4.69) is 176 Å². The summed E-state index contributed by atoms with van der Waals surface area (Å²) in [5.41, 5.74) is 14.2. The second-order valence-corrected chi connectivity index (χ2v) is 12.2. The minimum atomic E-state index is 1.14. The van der Waals surface area contributed by atoms with E-state index in [0.717, 1.165) is 22.4 Å². The van der Waals surface area contributed by atoms with Gasteiger partial charge < -0.3 is 17.9 Å². The zero-order valence-corrected chi connectivity index (χ0v) is 24.8. The van der Waals surface area contributed by atoms with Crippen LogP contribution in [0.1, 0.15) is 0 Å².